The standard InChI is InChI=1S/C17H20O2Si/c1-12(2)17-13(3)9-10-16(18)15(17)11-19-20-14-7-5-4-6-8-14/h4-10,12,18H,11H2,1-3H3. The van der Waals surface area contributed by atoms with E-state index in [0.29, 0.717) is 28.0 Å². The van der Waals surface area contributed by atoms with Gasteiger partial charge in [0.1, 0.15) is 5.75 Å². The Kier molecular flexibility index (Phi) is 4.98. The van der Waals surface area contributed by atoms with Crippen LogP contribution < -0.4 is 5.19 Å². The summed E-state index contributed by atoms with van der Waals surface area (Å²) in [7, 11) is 0.302. The van der Waals surface area contributed by atoms with Gasteiger partial charge in [0.2, 0.25) is 0 Å². The van der Waals surface area contributed by atoms with Gasteiger partial charge in [-0.3, -0.25) is 0 Å². The highest BCUT2D eigenvalue weighted by Gasteiger charge is 2.14. The maximum Gasteiger partial charge on any atom is 0.269 e. The van der Waals surface area contributed by atoms with Crippen molar-refractivity contribution in [3.8, 4) is 5.75 Å². The minimum atomic E-state index is 0.302. The molecule has 0 amide bonds. The van der Waals surface area contributed by atoms with Gasteiger partial charge in [0.15, 0.2) is 0 Å². The SMILES string of the molecule is Cc1ccc(O)c(CO[Si]c2ccccc2)c1C(C)C. The van der Waals surface area contributed by atoms with E-state index in [2.05, 4.69) is 32.9 Å². The number of hydrogen-bond acceptors (Lipinski definition) is 2. The molecular formula is C17H20O2Si. The fourth-order valence-corrected chi connectivity index (χ4v) is 3.14. The zero-order chi connectivity index (χ0) is 14.5. The third kappa shape index (κ3) is 3.49. The first-order valence-electron chi connectivity index (χ1n) is 6.83. The van der Waals surface area contributed by atoms with Crippen molar-refractivity contribution < 1.29 is 9.53 Å². The van der Waals surface area contributed by atoms with Crippen LogP contribution in [0.5, 0.6) is 5.75 Å². The lowest BCUT2D eigenvalue weighted by atomic mass is 9.92. The van der Waals surface area contributed by atoms with Crippen molar-refractivity contribution in [1.82, 2.24) is 0 Å². The molecule has 0 saturated carbocycles. The molecule has 2 radical (unpaired) electrons. The van der Waals surface area contributed by atoms with Crippen molar-refractivity contribution in [1.29, 1.82) is 0 Å². The summed E-state index contributed by atoms with van der Waals surface area (Å²) in [4.78, 5) is 0. The molecule has 0 bridgehead atoms. The van der Waals surface area contributed by atoms with Crippen molar-refractivity contribution in [2.24, 2.45) is 0 Å². The zero-order valence-corrected chi connectivity index (χ0v) is 13.2. The first-order valence-corrected chi connectivity index (χ1v) is 7.74. The molecule has 3 heteroatoms. The number of aromatic hydroxyl groups is 1. The molecule has 0 heterocycles. The van der Waals surface area contributed by atoms with Gasteiger partial charge in [-0.2, -0.15) is 0 Å². The molecule has 1 N–H and O–H groups in total. The van der Waals surface area contributed by atoms with E-state index in [0.717, 1.165) is 5.56 Å². The van der Waals surface area contributed by atoms with Crippen LogP contribution in [0.4, 0.5) is 0 Å². The molecule has 2 rings (SSSR count). The summed E-state index contributed by atoms with van der Waals surface area (Å²) in [6.07, 6.45) is 0. The molecule has 0 atom stereocenters. The summed E-state index contributed by atoms with van der Waals surface area (Å²) in [5.74, 6) is 0.706. The van der Waals surface area contributed by atoms with Crippen LogP contribution in [0.3, 0.4) is 0 Å². The molecule has 20 heavy (non-hydrogen) atoms. The molecule has 2 nitrogen and oxygen atoms in total. The van der Waals surface area contributed by atoms with Gasteiger partial charge < -0.3 is 9.53 Å². The van der Waals surface area contributed by atoms with Crippen LogP contribution in [0, 0.1) is 6.92 Å². The maximum absolute atomic E-state index is 10.1. The van der Waals surface area contributed by atoms with Crippen molar-refractivity contribution in [3.05, 3.63) is 59.2 Å². The fourth-order valence-electron chi connectivity index (χ4n) is 2.42. The predicted octanol–water partition coefficient (Wildman–Crippen LogP) is 3.29. The lowest BCUT2D eigenvalue weighted by Crippen LogP contribution is -2.17. The molecular weight excluding hydrogens is 264 g/mol. The summed E-state index contributed by atoms with van der Waals surface area (Å²) < 4.78 is 5.80. The Morgan fingerprint density at radius 2 is 1.80 bits per heavy atom. The largest absolute Gasteiger partial charge is 0.508 e. The Bertz CT molecular complexity index is 565. The van der Waals surface area contributed by atoms with Gasteiger partial charge in [0.25, 0.3) is 9.76 Å². The Morgan fingerprint density at radius 1 is 1.10 bits per heavy atom. The maximum atomic E-state index is 10.1. The van der Waals surface area contributed by atoms with Crippen LogP contribution in [0.2, 0.25) is 0 Å². The third-order valence-corrected chi connectivity index (χ3v) is 4.17. The average Bonchev–Trinajstić information content (AvgIpc) is 2.43. The Labute approximate surface area is 123 Å². The van der Waals surface area contributed by atoms with Crippen molar-refractivity contribution in [2.45, 2.75) is 33.3 Å². The summed E-state index contributed by atoms with van der Waals surface area (Å²) in [6, 6.07) is 13.8. The molecule has 0 aromatic heterocycles. The van der Waals surface area contributed by atoms with Crippen LogP contribution in [-0.2, 0) is 11.0 Å². The zero-order valence-electron chi connectivity index (χ0n) is 12.2. The van der Waals surface area contributed by atoms with Crippen LogP contribution in [0.15, 0.2) is 42.5 Å². The highest BCUT2D eigenvalue weighted by atomic mass is 28.2. The van der Waals surface area contributed by atoms with Crippen LogP contribution in [-0.4, -0.2) is 14.9 Å². The van der Waals surface area contributed by atoms with E-state index >= 15 is 0 Å². The first kappa shape index (κ1) is 14.8. The molecule has 0 aliphatic heterocycles. The van der Waals surface area contributed by atoms with Gasteiger partial charge in [-0.05, 0) is 35.2 Å². The number of phenols is 1. The quantitative estimate of drug-likeness (QED) is 0.854. The molecule has 0 spiro atoms. The highest BCUT2D eigenvalue weighted by molar-refractivity contribution is 6.46. The Morgan fingerprint density at radius 3 is 2.45 bits per heavy atom. The number of benzene rings is 2. The molecule has 0 unspecified atom stereocenters. The Balaban J connectivity index is 2.11. The van der Waals surface area contributed by atoms with E-state index in [9.17, 15) is 5.11 Å². The van der Waals surface area contributed by atoms with Gasteiger partial charge in [-0.1, -0.05) is 50.2 Å². The number of aryl methyl sites for hydroxylation is 1. The normalized spacial score (nSPS) is 11.0. The molecule has 2 aromatic carbocycles. The summed E-state index contributed by atoms with van der Waals surface area (Å²) in [5.41, 5.74) is 3.32. The van der Waals surface area contributed by atoms with Crippen molar-refractivity contribution >= 4 is 14.9 Å². The monoisotopic (exact) mass is 284 g/mol. The van der Waals surface area contributed by atoms with E-state index < -0.39 is 0 Å². The smallest absolute Gasteiger partial charge is 0.269 e. The van der Waals surface area contributed by atoms with Gasteiger partial charge in [-0.15, -0.1) is 0 Å². The highest BCUT2D eigenvalue weighted by Crippen LogP contribution is 2.30. The van der Waals surface area contributed by atoms with Crippen LogP contribution in [0.1, 0.15) is 36.5 Å². The molecule has 104 valence electrons. The minimum absolute atomic E-state index is 0.302. The topological polar surface area (TPSA) is 29.5 Å². The number of hydrogen-bond donors (Lipinski definition) is 1. The van der Waals surface area contributed by atoms with E-state index in [1.807, 2.05) is 24.3 Å². The van der Waals surface area contributed by atoms with E-state index in [-0.39, 0.29) is 0 Å². The van der Waals surface area contributed by atoms with Crippen molar-refractivity contribution in [3.63, 3.8) is 0 Å². The molecule has 0 aliphatic rings. The molecule has 0 aliphatic carbocycles. The van der Waals surface area contributed by atoms with Crippen molar-refractivity contribution in [2.75, 3.05) is 0 Å². The summed E-state index contributed by atoms with van der Waals surface area (Å²) >= 11 is 0. The van der Waals surface area contributed by atoms with Crippen LogP contribution in [0.25, 0.3) is 0 Å². The second-order valence-electron chi connectivity index (χ2n) is 5.21. The van der Waals surface area contributed by atoms with Gasteiger partial charge in [-0.25, -0.2) is 0 Å². The first-order chi connectivity index (χ1) is 9.59. The lowest BCUT2D eigenvalue weighted by molar-refractivity contribution is 0.319. The predicted molar refractivity (Wildman–Crippen MR) is 83.6 cm³/mol. The molecule has 0 fully saturated rings. The van der Waals surface area contributed by atoms with Gasteiger partial charge in [0.05, 0.1) is 6.61 Å². The Hall–Kier alpha value is -1.58. The molecule has 0 saturated heterocycles. The summed E-state index contributed by atoms with van der Waals surface area (Å²) in [5, 5.41) is 11.3. The van der Waals surface area contributed by atoms with Crippen LogP contribution >= 0.6 is 0 Å². The van der Waals surface area contributed by atoms with E-state index in [1.165, 1.54) is 16.3 Å². The second-order valence-corrected chi connectivity index (χ2v) is 6.28. The van der Waals surface area contributed by atoms with Gasteiger partial charge in [0, 0.05) is 5.56 Å². The average molecular weight is 284 g/mol. The number of phenolic OH excluding ortho intramolecular Hbond substituents is 1. The minimum Gasteiger partial charge on any atom is -0.508 e. The third-order valence-electron chi connectivity index (χ3n) is 3.31. The lowest BCUT2D eigenvalue weighted by Gasteiger charge is -2.17. The number of rotatable bonds is 5. The van der Waals surface area contributed by atoms with E-state index in [4.69, 9.17) is 4.43 Å². The summed E-state index contributed by atoms with van der Waals surface area (Å²) in [6.45, 7) is 6.82. The van der Waals surface area contributed by atoms with E-state index in [1.54, 1.807) is 6.07 Å². The van der Waals surface area contributed by atoms with Gasteiger partial charge >= 0.3 is 0 Å². The molecule has 2 aromatic rings. The fraction of sp³-hybridized carbons (Fsp3) is 0.294. The second kappa shape index (κ2) is 6.73.